The van der Waals surface area contributed by atoms with Crippen LogP contribution in [0.3, 0.4) is 0 Å². The van der Waals surface area contributed by atoms with E-state index >= 15 is 9.59 Å². The number of nitrogens with one attached hydrogen (secondary N) is 2. The van der Waals surface area contributed by atoms with Crippen molar-refractivity contribution in [3.63, 3.8) is 0 Å². The van der Waals surface area contributed by atoms with E-state index in [9.17, 15) is 63.2 Å². The van der Waals surface area contributed by atoms with Crippen molar-refractivity contribution in [2.75, 3.05) is 27.3 Å². The van der Waals surface area contributed by atoms with Crippen LogP contribution >= 0.6 is 0 Å². The molecule has 4 amide bonds. The molecule has 4 aliphatic carbocycles. The molecular weight excluding hydrogens is 1750 g/mol. The highest BCUT2D eigenvalue weighted by molar-refractivity contribution is 7.91. The second kappa shape index (κ2) is 39.3. The molecule has 4 saturated carbocycles. The number of Topliss-reactive ketones (excluding diaryl/α,β-unsaturated/α-hetero) is 2. The molecule has 2 N–H and O–H groups in total. The number of ketones is 2. The number of alkyl halides is 4. The number of methoxy groups -OCH3 is 2. The lowest BCUT2D eigenvalue weighted by Crippen LogP contribution is -2.48. The van der Waals surface area contributed by atoms with Crippen LogP contribution in [0.4, 0.5) is 17.6 Å². The Kier molecular flexibility index (Phi) is 29.5. The molecule has 716 valence electrons. The molecule has 14 atom stereocenters. The third-order valence-electron chi connectivity index (χ3n) is 27.3. The molecule has 2 aromatic carbocycles. The van der Waals surface area contributed by atoms with E-state index in [0.29, 0.717) is 145 Å². The third kappa shape index (κ3) is 23.2. The molecular formula is C98H124F4N8O20S2. The molecule has 0 spiro atoms. The highest BCUT2D eigenvalue weighted by atomic mass is 32.2. The number of carbonyl (C=O) groups is 8. The summed E-state index contributed by atoms with van der Waals surface area (Å²) in [7, 11) is -4.78. The number of nitrogens with zero attached hydrogens (tertiary/aromatic N) is 6. The van der Waals surface area contributed by atoms with Crippen LogP contribution in [0.1, 0.15) is 213 Å². The van der Waals surface area contributed by atoms with Gasteiger partial charge in [0, 0.05) is 50.3 Å². The summed E-state index contributed by atoms with van der Waals surface area (Å²) < 4.78 is 162. The van der Waals surface area contributed by atoms with Gasteiger partial charge in [-0.3, -0.25) is 57.8 Å². The predicted octanol–water partition coefficient (Wildman–Crippen LogP) is 16.0. The van der Waals surface area contributed by atoms with Crippen molar-refractivity contribution in [2.24, 2.45) is 58.2 Å². The van der Waals surface area contributed by atoms with Gasteiger partial charge in [0.1, 0.15) is 35.2 Å². The summed E-state index contributed by atoms with van der Waals surface area (Å²) in [5.74, 6) is -13.3. The third-order valence-corrected chi connectivity index (χ3v) is 30.9. The van der Waals surface area contributed by atoms with Gasteiger partial charge in [-0.2, -0.15) is 0 Å². The fourth-order valence-corrected chi connectivity index (χ4v) is 21.1. The van der Waals surface area contributed by atoms with Crippen LogP contribution < -0.4 is 37.9 Å². The Morgan fingerprint density at radius 2 is 0.864 bits per heavy atom. The molecule has 28 nitrogen and oxygen atoms in total. The number of benzene rings is 2. The summed E-state index contributed by atoms with van der Waals surface area (Å²) in [4.78, 5) is 137. The number of ether oxygens (including phenoxy) is 8. The quantitative estimate of drug-likeness (QED) is 0.0289. The number of amides is 4. The maximum atomic E-state index is 15.2. The number of esters is 2. The topological polar surface area (TPSA) is 361 Å². The van der Waals surface area contributed by atoms with Gasteiger partial charge in [-0.05, 0) is 252 Å². The monoisotopic (exact) mass is 1870 g/mol. The molecule has 6 fully saturated rings. The van der Waals surface area contributed by atoms with E-state index in [1.165, 1.54) is 9.80 Å². The summed E-state index contributed by atoms with van der Waals surface area (Å²) in [6.45, 7) is 20.9. The molecule has 0 radical (unpaired) electrons. The van der Waals surface area contributed by atoms with Crippen LogP contribution in [0.5, 0.6) is 34.8 Å². The molecule has 8 heterocycles. The van der Waals surface area contributed by atoms with Crippen molar-refractivity contribution >= 4 is 88.7 Å². The Labute approximate surface area is 769 Å². The van der Waals surface area contributed by atoms with Crippen molar-refractivity contribution in [3.05, 3.63) is 109 Å². The summed E-state index contributed by atoms with van der Waals surface area (Å²) in [6, 6.07) is 19.3. The average Bonchev–Trinajstić information content (AvgIpc) is 1.59. The number of pyridine rings is 4. The minimum absolute atomic E-state index is 0.0246. The van der Waals surface area contributed by atoms with E-state index in [2.05, 4.69) is 19.4 Å². The van der Waals surface area contributed by atoms with Gasteiger partial charge in [0.15, 0.2) is 22.8 Å². The first-order valence-corrected chi connectivity index (χ1v) is 49.0. The molecule has 2 saturated heterocycles. The Balaban J connectivity index is 0.000000224. The molecule has 132 heavy (non-hydrogen) atoms. The Hall–Kier alpha value is -10.4. The Bertz CT molecular complexity index is 5280. The smallest absolute Gasteiger partial charge is 0.307 e. The summed E-state index contributed by atoms with van der Waals surface area (Å²) >= 11 is 0. The SMILES string of the molecule is COc1ccc2c(O[C@@H]3C[C@H]4C(=O)C[C@]5(C(=O)NS(=O)(=O)C6CC6)C[C@H]5/C=C\CC[C@@H](C)C[C@@H](C)[C@H](CC(=O)OC(C)(C)C(C)(F)F)C(=O)N4C3)nc(-c3ccc(OC(C)C)cn3)cc2c1.COc1ccc2c(O[C@@H]3C[C@H]4C(=O)C[C@]5(C(=O)NS(=O)(=O)C6CC6)C[C@H]5/C=C\CC[C@H](C)C[C@@H](C)[C@H](CC(=O)OC(C)(C)C(C)(F)F)C(=O)N4C3)nc(-c3ccc(OC(C)C)cn3)cc2c1. The normalized spacial score (nSPS) is 27.0. The fourth-order valence-electron chi connectivity index (χ4n) is 18.3. The van der Waals surface area contributed by atoms with Gasteiger partial charge in [0.05, 0.1) is 133 Å². The van der Waals surface area contributed by atoms with Gasteiger partial charge < -0.3 is 47.7 Å². The second-order valence-corrected chi connectivity index (χ2v) is 43.4. The second-order valence-electron chi connectivity index (χ2n) is 39.4. The lowest BCUT2D eigenvalue weighted by molar-refractivity contribution is -0.197. The predicted molar refractivity (Wildman–Crippen MR) is 485 cm³/mol. The highest BCUT2D eigenvalue weighted by Gasteiger charge is 2.64. The number of fused-ring (bicyclic) bond motifs is 6. The lowest BCUT2D eigenvalue weighted by atomic mass is 9.82. The van der Waals surface area contributed by atoms with E-state index in [-0.39, 0.29) is 87.4 Å². The van der Waals surface area contributed by atoms with Gasteiger partial charge in [0.25, 0.3) is 11.8 Å². The molecule has 6 aromatic rings. The molecule has 14 rings (SSSR count). The van der Waals surface area contributed by atoms with Crippen molar-refractivity contribution in [1.29, 1.82) is 0 Å². The van der Waals surface area contributed by atoms with E-state index in [1.54, 1.807) is 75.1 Å². The van der Waals surface area contributed by atoms with Crippen molar-refractivity contribution < 1.29 is 111 Å². The zero-order chi connectivity index (χ0) is 95.9. The largest absolute Gasteiger partial charge is 0.497 e. The number of hydrogen-bond donors (Lipinski definition) is 2. The summed E-state index contributed by atoms with van der Waals surface area (Å²) in [5.41, 5.74) is -5.10. The van der Waals surface area contributed by atoms with Crippen LogP contribution in [0.2, 0.25) is 0 Å². The number of hydrogen-bond acceptors (Lipinski definition) is 24. The number of carbonyl (C=O) groups excluding carboxylic acids is 8. The summed E-state index contributed by atoms with van der Waals surface area (Å²) in [6.07, 6.45) is 13.2. The first-order valence-electron chi connectivity index (χ1n) is 45.9. The van der Waals surface area contributed by atoms with E-state index < -0.39 is 184 Å². The highest BCUT2D eigenvalue weighted by Crippen LogP contribution is 2.59. The van der Waals surface area contributed by atoms with Gasteiger partial charge in [0.2, 0.25) is 55.4 Å². The van der Waals surface area contributed by atoms with Crippen LogP contribution in [0.15, 0.2) is 109 Å². The van der Waals surface area contributed by atoms with Gasteiger partial charge in [-0.1, -0.05) is 52.0 Å². The van der Waals surface area contributed by atoms with Crippen molar-refractivity contribution in [2.45, 2.75) is 283 Å². The standard InChI is InChI=1S/2C49H62F2N4O10S/c2*1-28(2)63-34-14-18-39(52-26-34)40-21-31-20-33(62-8)13-17-37(31)44(53-40)64-35-22-41-42(56)25-49(46(59)54-66(60,61)36-15-16-36)24-32(49)12-10-9-11-29(3)19-30(4)38(45(58)55(41)27-35)23-43(57)65-47(5,6)48(7,50)51/h2*10,12-14,17-18,20-21,26,28-30,32,35-36,38,41H,9,11,15-16,19,22-25,27H2,1-8H3,(H,54,59)/b2*12-10-/t29-,30+,32+,35+,38-,41-,49+;29-,30-,32-,35-,38+,41+,49-/m01/s1. The maximum Gasteiger partial charge on any atom is 0.307 e. The first kappa shape index (κ1) is 99.1. The Morgan fingerprint density at radius 1 is 0.500 bits per heavy atom. The van der Waals surface area contributed by atoms with Gasteiger partial charge >= 0.3 is 11.9 Å². The van der Waals surface area contributed by atoms with Crippen molar-refractivity contribution in [3.8, 4) is 57.5 Å². The molecule has 4 aliphatic heterocycles. The minimum Gasteiger partial charge on any atom is -0.497 e. The number of rotatable bonds is 26. The van der Waals surface area contributed by atoms with E-state index in [1.807, 2.05) is 104 Å². The molecule has 0 bridgehead atoms. The van der Waals surface area contributed by atoms with Crippen LogP contribution in [-0.2, 0) is 67.9 Å². The molecule has 0 unspecified atom stereocenters. The van der Waals surface area contributed by atoms with E-state index in [4.69, 9.17) is 47.9 Å². The molecule has 4 aromatic heterocycles. The lowest BCUT2D eigenvalue weighted by Gasteiger charge is -2.34. The van der Waals surface area contributed by atoms with E-state index in [0.717, 1.165) is 27.7 Å². The maximum absolute atomic E-state index is 15.2. The van der Waals surface area contributed by atoms with Crippen molar-refractivity contribution in [1.82, 2.24) is 39.2 Å². The average molecular weight is 1870 g/mol. The fraction of sp³-hybridized carbons (Fsp3) is 0.592. The number of halogens is 4. The first-order chi connectivity index (χ1) is 62.0. The summed E-state index contributed by atoms with van der Waals surface area (Å²) in [5, 5.41) is 1.32. The van der Waals surface area contributed by atoms with Crippen LogP contribution in [-0.4, -0.2) is 191 Å². The molecule has 8 aliphatic rings. The van der Waals surface area contributed by atoms with Gasteiger partial charge in [-0.25, -0.2) is 44.4 Å². The number of sulfonamides is 2. The van der Waals surface area contributed by atoms with Crippen LogP contribution in [0, 0.1) is 58.2 Å². The molecule has 34 heteroatoms. The minimum atomic E-state index is -3.94. The zero-order valence-electron chi connectivity index (χ0n) is 77.9. The number of aromatic nitrogens is 4. The zero-order valence-corrected chi connectivity index (χ0v) is 79.6. The number of allylic oxidation sites excluding steroid dienone is 4. The Morgan fingerprint density at radius 3 is 1.19 bits per heavy atom. The van der Waals surface area contributed by atoms with Crippen LogP contribution in [0.25, 0.3) is 44.3 Å². The van der Waals surface area contributed by atoms with Gasteiger partial charge in [-0.15, -0.1) is 0 Å².